The third kappa shape index (κ3) is 7.39. The van der Waals surface area contributed by atoms with E-state index in [2.05, 4.69) is 0 Å². The predicted octanol–water partition coefficient (Wildman–Crippen LogP) is 5.78. The molecule has 4 rings (SSSR count). The summed E-state index contributed by atoms with van der Waals surface area (Å²) in [5, 5.41) is 36.7. The van der Waals surface area contributed by atoms with E-state index in [9.17, 15) is 10.2 Å². The van der Waals surface area contributed by atoms with Gasteiger partial charge in [-0.25, -0.2) is 0 Å². The Morgan fingerprint density at radius 3 is 1.06 bits per heavy atom. The van der Waals surface area contributed by atoms with Crippen LogP contribution in [0.15, 0.2) is 97.1 Å². The summed E-state index contributed by atoms with van der Waals surface area (Å²) in [6, 6.07) is 27.1. The van der Waals surface area contributed by atoms with Crippen molar-refractivity contribution in [3.05, 3.63) is 97.1 Å². The molecule has 0 atom stereocenters. The summed E-state index contributed by atoms with van der Waals surface area (Å²) in [7, 11) is 0. The number of hydrogen-bond acceptors (Lipinski definition) is 6. The zero-order valence-electron chi connectivity index (χ0n) is 16.3. The average molecular weight is 496 g/mol. The maximum atomic E-state index is 9.25. The quantitative estimate of drug-likeness (QED) is 0.268. The van der Waals surface area contributed by atoms with E-state index in [0.29, 0.717) is 23.0 Å². The standard InChI is InChI=1S/2C12H10O3.Zr/c2*13-11-7-6-10(8-12(11)14)15-9-4-2-1-3-5-9;/h2*1-8,13-14H;. The first kappa shape index (κ1) is 23.8. The van der Waals surface area contributed by atoms with Crippen LogP contribution in [0.1, 0.15) is 0 Å². The number of hydrogen-bond donors (Lipinski definition) is 4. The van der Waals surface area contributed by atoms with Gasteiger partial charge in [-0.3, -0.25) is 0 Å². The van der Waals surface area contributed by atoms with Crippen LogP contribution in [0.2, 0.25) is 0 Å². The van der Waals surface area contributed by atoms with Crippen LogP contribution in [-0.2, 0) is 26.2 Å². The Balaban J connectivity index is 0.000000213. The molecule has 4 N–H and O–H groups in total. The fourth-order valence-corrected chi connectivity index (χ4v) is 2.38. The topological polar surface area (TPSA) is 99.4 Å². The summed E-state index contributed by atoms with van der Waals surface area (Å²) < 4.78 is 10.9. The maximum absolute atomic E-state index is 9.25. The van der Waals surface area contributed by atoms with Gasteiger partial charge in [-0.1, -0.05) is 36.4 Å². The van der Waals surface area contributed by atoms with E-state index < -0.39 is 0 Å². The van der Waals surface area contributed by atoms with Crippen LogP contribution in [0.25, 0.3) is 0 Å². The van der Waals surface area contributed by atoms with E-state index in [1.807, 2.05) is 60.7 Å². The molecule has 0 bridgehead atoms. The van der Waals surface area contributed by atoms with Gasteiger partial charge in [-0.15, -0.1) is 0 Å². The molecule has 0 aromatic heterocycles. The van der Waals surface area contributed by atoms with E-state index >= 15 is 0 Å². The van der Waals surface area contributed by atoms with Gasteiger partial charge in [0, 0.05) is 38.3 Å². The van der Waals surface area contributed by atoms with Gasteiger partial charge in [0.1, 0.15) is 23.0 Å². The van der Waals surface area contributed by atoms with Gasteiger partial charge < -0.3 is 29.9 Å². The number of ether oxygens (including phenoxy) is 2. The summed E-state index contributed by atoms with van der Waals surface area (Å²) in [6.45, 7) is 0. The Kier molecular flexibility index (Phi) is 8.98. The molecule has 0 saturated heterocycles. The molecule has 156 valence electrons. The largest absolute Gasteiger partial charge is 0.504 e. The van der Waals surface area contributed by atoms with Crippen molar-refractivity contribution in [1.29, 1.82) is 0 Å². The summed E-state index contributed by atoms with van der Waals surface area (Å²) in [5.41, 5.74) is 0. The molecular formula is C24H20O6Zr. The summed E-state index contributed by atoms with van der Waals surface area (Å²) in [6.07, 6.45) is 0. The van der Waals surface area contributed by atoms with Crippen LogP contribution >= 0.6 is 0 Å². The Morgan fingerprint density at radius 2 is 0.742 bits per heavy atom. The first-order chi connectivity index (χ1) is 14.5. The van der Waals surface area contributed by atoms with Gasteiger partial charge in [-0.05, 0) is 48.5 Å². The second-order valence-electron chi connectivity index (χ2n) is 6.13. The number of benzene rings is 4. The van der Waals surface area contributed by atoms with Gasteiger partial charge in [0.15, 0.2) is 23.0 Å². The monoisotopic (exact) mass is 494 g/mol. The Hall–Kier alpha value is -3.44. The second kappa shape index (κ2) is 11.7. The van der Waals surface area contributed by atoms with Crippen LogP contribution in [0.3, 0.4) is 0 Å². The molecule has 7 heteroatoms. The van der Waals surface area contributed by atoms with Gasteiger partial charge in [0.05, 0.1) is 0 Å². The third-order valence-corrected chi connectivity index (χ3v) is 3.85. The molecule has 0 spiro atoms. The Bertz CT molecular complexity index is 999. The van der Waals surface area contributed by atoms with Crippen LogP contribution < -0.4 is 9.47 Å². The molecule has 0 fully saturated rings. The van der Waals surface area contributed by atoms with Crippen molar-refractivity contribution >= 4 is 0 Å². The Morgan fingerprint density at radius 1 is 0.387 bits per heavy atom. The fraction of sp³-hybridized carbons (Fsp3) is 0. The first-order valence-electron chi connectivity index (χ1n) is 9.01. The molecule has 0 unspecified atom stereocenters. The van der Waals surface area contributed by atoms with E-state index in [0.717, 1.165) is 0 Å². The van der Waals surface area contributed by atoms with E-state index in [4.69, 9.17) is 19.7 Å². The molecule has 0 saturated carbocycles. The molecular weight excluding hydrogens is 475 g/mol. The third-order valence-electron chi connectivity index (χ3n) is 3.85. The van der Waals surface area contributed by atoms with Crippen LogP contribution in [0, 0.1) is 0 Å². The fourth-order valence-electron chi connectivity index (χ4n) is 2.38. The summed E-state index contributed by atoms with van der Waals surface area (Å²) in [4.78, 5) is 0. The first-order valence-corrected chi connectivity index (χ1v) is 9.01. The molecule has 0 heterocycles. The minimum absolute atomic E-state index is 0. The van der Waals surface area contributed by atoms with E-state index in [1.165, 1.54) is 24.3 Å². The molecule has 0 aliphatic rings. The molecule has 0 aliphatic heterocycles. The zero-order valence-corrected chi connectivity index (χ0v) is 18.8. The van der Waals surface area contributed by atoms with Gasteiger partial charge in [0.25, 0.3) is 0 Å². The number of aromatic hydroxyl groups is 4. The molecule has 6 nitrogen and oxygen atoms in total. The smallest absolute Gasteiger partial charge is 0.161 e. The van der Waals surface area contributed by atoms with Crippen molar-refractivity contribution in [3.63, 3.8) is 0 Å². The molecule has 31 heavy (non-hydrogen) atoms. The summed E-state index contributed by atoms with van der Waals surface area (Å²) >= 11 is 0. The molecule has 0 radical (unpaired) electrons. The van der Waals surface area contributed by atoms with Crippen LogP contribution in [0.4, 0.5) is 0 Å². The van der Waals surface area contributed by atoms with E-state index in [1.54, 1.807) is 12.1 Å². The number of phenolic OH excluding ortho intramolecular Hbond substituents is 4. The maximum Gasteiger partial charge on any atom is 0.161 e. The van der Waals surface area contributed by atoms with Gasteiger partial charge >= 0.3 is 0 Å². The number of phenols is 4. The van der Waals surface area contributed by atoms with Crippen LogP contribution in [0.5, 0.6) is 46.0 Å². The molecule has 4 aromatic rings. The average Bonchev–Trinajstić information content (AvgIpc) is 2.75. The van der Waals surface area contributed by atoms with Crippen molar-refractivity contribution in [2.24, 2.45) is 0 Å². The zero-order chi connectivity index (χ0) is 21.3. The Labute approximate surface area is 198 Å². The minimum Gasteiger partial charge on any atom is -0.504 e. The van der Waals surface area contributed by atoms with E-state index in [-0.39, 0.29) is 49.2 Å². The van der Waals surface area contributed by atoms with Crippen LogP contribution in [-0.4, -0.2) is 20.4 Å². The predicted molar refractivity (Wildman–Crippen MR) is 113 cm³/mol. The normalized spacial score (nSPS) is 9.55. The summed E-state index contributed by atoms with van der Waals surface area (Å²) in [5.74, 6) is 1.64. The van der Waals surface area contributed by atoms with Crippen molar-refractivity contribution in [2.45, 2.75) is 0 Å². The number of para-hydroxylation sites is 2. The van der Waals surface area contributed by atoms with Crippen molar-refractivity contribution in [2.75, 3.05) is 0 Å². The van der Waals surface area contributed by atoms with Gasteiger partial charge in [0.2, 0.25) is 0 Å². The van der Waals surface area contributed by atoms with Crippen molar-refractivity contribution in [1.82, 2.24) is 0 Å². The van der Waals surface area contributed by atoms with Crippen molar-refractivity contribution in [3.8, 4) is 46.0 Å². The molecule has 0 amide bonds. The minimum atomic E-state index is -0.191. The second-order valence-corrected chi connectivity index (χ2v) is 6.13. The number of rotatable bonds is 4. The van der Waals surface area contributed by atoms with Gasteiger partial charge in [-0.2, -0.15) is 0 Å². The SMILES string of the molecule is Oc1ccc(Oc2ccccc2)cc1O.Oc1ccc(Oc2ccccc2)cc1O.[Zr]. The molecule has 4 aromatic carbocycles. The molecule has 0 aliphatic carbocycles. The van der Waals surface area contributed by atoms with Crippen molar-refractivity contribution < 1.29 is 56.1 Å².